The van der Waals surface area contributed by atoms with Gasteiger partial charge in [0.2, 0.25) is 0 Å². The van der Waals surface area contributed by atoms with Crippen molar-refractivity contribution in [2.75, 3.05) is 17.2 Å². The molecular formula is C22H19N3O5. The van der Waals surface area contributed by atoms with Gasteiger partial charge in [0.1, 0.15) is 0 Å². The van der Waals surface area contributed by atoms with Crippen molar-refractivity contribution in [1.29, 1.82) is 0 Å². The third-order valence-corrected chi connectivity index (χ3v) is 4.35. The van der Waals surface area contributed by atoms with Gasteiger partial charge < -0.3 is 15.7 Å². The summed E-state index contributed by atoms with van der Waals surface area (Å²) >= 11 is 0. The SMILES string of the molecule is O=C(Nc1ccccc1C(=O)Nc1ccc(CCO)cc1)c1cccc([N+](=O)[O-])c1. The van der Waals surface area contributed by atoms with Crippen molar-refractivity contribution >= 4 is 28.9 Å². The van der Waals surface area contributed by atoms with E-state index in [9.17, 15) is 19.7 Å². The maximum absolute atomic E-state index is 12.7. The highest BCUT2D eigenvalue weighted by Crippen LogP contribution is 2.20. The molecule has 8 nitrogen and oxygen atoms in total. The summed E-state index contributed by atoms with van der Waals surface area (Å²) in [5, 5.41) is 25.3. The molecule has 0 saturated heterocycles. The monoisotopic (exact) mass is 405 g/mol. The summed E-state index contributed by atoms with van der Waals surface area (Å²) < 4.78 is 0. The summed E-state index contributed by atoms with van der Waals surface area (Å²) in [6.07, 6.45) is 0.529. The van der Waals surface area contributed by atoms with Gasteiger partial charge in [-0.25, -0.2) is 0 Å². The van der Waals surface area contributed by atoms with E-state index in [0.29, 0.717) is 12.1 Å². The van der Waals surface area contributed by atoms with Crippen molar-refractivity contribution in [2.24, 2.45) is 0 Å². The van der Waals surface area contributed by atoms with E-state index in [0.717, 1.165) is 5.56 Å². The number of hydrogen-bond donors (Lipinski definition) is 3. The van der Waals surface area contributed by atoms with Gasteiger partial charge in [-0.1, -0.05) is 30.3 Å². The van der Waals surface area contributed by atoms with Gasteiger partial charge >= 0.3 is 0 Å². The predicted octanol–water partition coefficient (Wildman–Crippen LogP) is 3.63. The first-order valence-corrected chi connectivity index (χ1v) is 9.14. The summed E-state index contributed by atoms with van der Waals surface area (Å²) in [4.78, 5) is 35.6. The molecule has 152 valence electrons. The molecule has 0 aliphatic heterocycles. The fraction of sp³-hybridized carbons (Fsp3) is 0.0909. The Hall–Kier alpha value is -4.04. The molecule has 0 fully saturated rings. The van der Waals surface area contributed by atoms with Crippen molar-refractivity contribution in [2.45, 2.75) is 6.42 Å². The highest BCUT2D eigenvalue weighted by Gasteiger charge is 2.16. The van der Waals surface area contributed by atoms with Crippen molar-refractivity contribution in [3.63, 3.8) is 0 Å². The number of para-hydroxylation sites is 1. The van der Waals surface area contributed by atoms with E-state index < -0.39 is 16.7 Å². The zero-order valence-corrected chi connectivity index (χ0v) is 15.9. The molecule has 3 N–H and O–H groups in total. The summed E-state index contributed by atoms with van der Waals surface area (Å²) in [6.45, 7) is 0.0450. The van der Waals surface area contributed by atoms with E-state index in [1.54, 1.807) is 36.4 Å². The Kier molecular flexibility index (Phi) is 6.51. The number of nitro groups is 1. The van der Waals surface area contributed by atoms with Gasteiger partial charge in [0.25, 0.3) is 17.5 Å². The van der Waals surface area contributed by atoms with E-state index in [1.807, 2.05) is 12.1 Å². The number of amides is 2. The minimum absolute atomic E-state index is 0.0450. The van der Waals surface area contributed by atoms with Crippen LogP contribution in [0.3, 0.4) is 0 Å². The first kappa shape index (κ1) is 20.7. The Morgan fingerprint density at radius 3 is 2.33 bits per heavy atom. The number of nitro benzene ring substituents is 1. The van der Waals surface area contributed by atoms with Crippen LogP contribution in [0, 0.1) is 10.1 Å². The molecule has 30 heavy (non-hydrogen) atoms. The minimum atomic E-state index is -0.579. The van der Waals surface area contributed by atoms with Crippen LogP contribution < -0.4 is 10.6 Å². The second kappa shape index (κ2) is 9.44. The molecule has 3 aromatic rings. The quantitative estimate of drug-likeness (QED) is 0.409. The van der Waals surface area contributed by atoms with Gasteiger partial charge in [-0.3, -0.25) is 19.7 Å². The minimum Gasteiger partial charge on any atom is -0.396 e. The lowest BCUT2D eigenvalue weighted by molar-refractivity contribution is -0.384. The Morgan fingerprint density at radius 1 is 0.900 bits per heavy atom. The average molecular weight is 405 g/mol. The highest BCUT2D eigenvalue weighted by atomic mass is 16.6. The smallest absolute Gasteiger partial charge is 0.270 e. The third-order valence-electron chi connectivity index (χ3n) is 4.35. The van der Waals surface area contributed by atoms with Crippen molar-refractivity contribution < 1.29 is 19.6 Å². The number of benzene rings is 3. The fourth-order valence-corrected chi connectivity index (χ4v) is 2.83. The number of hydrogen-bond acceptors (Lipinski definition) is 5. The number of nitrogens with zero attached hydrogens (tertiary/aromatic N) is 1. The number of non-ortho nitro benzene ring substituents is 1. The molecule has 0 atom stereocenters. The highest BCUT2D eigenvalue weighted by molar-refractivity contribution is 6.12. The van der Waals surface area contributed by atoms with Crippen LogP contribution in [-0.2, 0) is 6.42 Å². The van der Waals surface area contributed by atoms with Crippen LogP contribution in [0.5, 0.6) is 0 Å². The van der Waals surface area contributed by atoms with Crippen LogP contribution in [0.25, 0.3) is 0 Å². The first-order valence-electron chi connectivity index (χ1n) is 9.14. The first-order chi connectivity index (χ1) is 14.5. The Labute approximate surface area is 172 Å². The predicted molar refractivity (Wildman–Crippen MR) is 113 cm³/mol. The van der Waals surface area contributed by atoms with Gasteiger partial charge in [0.15, 0.2) is 0 Å². The molecule has 0 heterocycles. The zero-order valence-electron chi connectivity index (χ0n) is 15.9. The molecule has 2 amide bonds. The Balaban J connectivity index is 1.76. The molecule has 8 heteroatoms. The van der Waals surface area contributed by atoms with Crippen LogP contribution in [0.15, 0.2) is 72.8 Å². The van der Waals surface area contributed by atoms with E-state index >= 15 is 0 Å². The number of carbonyl (C=O) groups excluding carboxylic acids is 2. The molecule has 0 saturated carbocycles. The lowest BCUT2D eigenvalue weighted by atomic mass is 10.1. The summed E-state index contributed by atoms with van der Waals surface area (Å²) in [5.74, 6) is -0.979. The van der Waals surface area contributed by atoms with Crippen LogP contribution >= 0.6 is 0 Å². The molecule has 3 aromatic carbocycles. The van der Waals surface area contributed by atoms with Crippen molar-refractivity contribution in [3.05, 3.63) is 99.6 Å². The molecule has 3 rings (SSSR count). The summed E-state index contributed by atoms with van der Waals surface area (Å²) in [5.41, 5.74) is 1.96. The van der Waals surface area contributed by atoms with Crippen LogP contribution in [0.2, 0.25) is 0 Å². The van der Waals surface area contributed by atoms with Crippen LogP contribution in [0.4, 0.5) is 17.1 Å². The number of carbonyl (C=O) groups is 2. The van der Waals surface area contributed by atoms with Gasteiger partial charge in [0.05, 0.1) is 16.2 Å². The van der Waals surface area contributed by atoms with Gasteiger partial charge in [-0.05, 0) is 42.3 Å². The standard InChI is InChI=1S/C22H19N3O5/c26-13-12-15-8-10-17(11-9-15)23-22(28)19-6-1-2-7-20(19)24-21(27)16-4-3-5-18(14-16)25(29)30/h1-11,14,26H,12-13H2,(H,23,28)(H,24,27). The largest absolute Gasteiger partial charge is 0.396 e. The number of anilines is 2. The van der Waals surface area contributed by atoms with Gasteiger partial charge in [0, 0.05) is 30.0 Å². The van der Waals surface area contributed by atoms with E-state index in [-0.39, 0.29) is 29.1 Å². The molecule has 0 aromatic heterocycles. The average Bonchev–Trinajstić information content (AvgIpc) is 2.75. The van der Waals surface area contributed by atoms with Crippen LogP contribution in [-0.4, -0.2) is 28.5 Å². The molecule has 0 radical (unpaired) electrons. The Morgan fingerprint density at radius 2 is 1.63 bits per heavy atom. The second-order valence-electron chi connectivity index (χ2n) is 6.43. The third kappa shape index (κ3) is 5.06. The van der Waals surface area contributed by atoms with Crippen molar-refractivity contribution in [1.82, 2.24) is 0 Å². The topological polar surface area (TPSA) is 122 Å². The van der Waals surface area contributed by atoms with Crippen molar-refractivity contribution in [3.8, 4) is 0 Å². The molecule has 0 bridgehead atoms. The number of aliphatic hydroxyl groups is 1. The van der Waals surface area contributed by atoms with Gasteiger partial charge in [-0.15, -0.1) is 0 Å². The Bertz CT molecular complexity index is 1080. The lowest BCUT2D eigenvalue weighted by Crippen LogP contribution is -2.18. The summed E-state index contributed by atoms with van der Waals surface area (Å²) in [7, 11) is 0. The van der Waals surface area contributed by atoms with Crippen LogP contribution in [0.1, 0.15) is 26.3 Å². The number of nitrogens with one attached hydrogen (secondary N) is 2. The number of aliphatic hydroxyl groups excluding tert-OH is 1. The summed E-state index contributed by atoms with van der Waals surface area (Å²) in [6, 6.07) is 18.9. The maximum Gasteiger partial charge on any atom is 0.270 e. The molecule has 0 aliphatic carbocycles. The van der Waals surface area contributed by atoms with E-state index in [1.165, 1.54) is 24.3 Å². The zero-order chi connectivity index (χ0) is 21.5. The van der Waals surface area contributed by atoms with E-state index in [2.05, 4.69) is 10.6 Å². The fourth-order valence-electron chi connectivity index (χ4n) is 2.83. The van der Waals surface area contributed by atoms with Gasteiger partial charge in [-0.2, -0.15) is 0 Å². The lowest BCUT2D eigenvalue weighted by Gasteiger charge is -2.12. The normalized spacial score (nSPS) is 10.3. The van der Waals surface area contributed by atoms with E-state index in [4.69, 9.17) is 5.11 Å². The molecule has 0 aliphatic rings. The molecule has 0 spiro atoms. The second-order valence-corrected chi connectivity index (χ2v) is 6.43. The maximum atomic E-state index is 12.7. The number of rotatable bonds is 7. The molecular weight excluding hydrogens is 386 g/mol. The molecule has 0 unspecified atom stereocenters.